The van der Waals surface area contributed by atoms with Gasteiger partial charge in [0, 0.05) is 0 Å². The maximum atomic E-state index is 12.1. The minimum absolute atomic E-state index is 0.105. The molecule has 1 saturated heterocycles. The fourth-order valence-corrected chi connectivity index (χ4v) is 4.35. The third kappa shape index (κ3) is 2.44. The van der Waals surface area contributed by atoms with Crippen LogP contribution in [0.5, 0.6) is 0 Å². The molecule has 2 unspecified atom stereocenters. The van der Waals surface area contributed by atoms with Crippen molar-refractivity contribution in [1.82, 2.24) is 0 Å². The lowest BCUT2D eigenvalue weighted by Gasteiger charge is -2.41. The number of hydrogen-bond donors (Lipinski definition) is 2. The topological polar surface area (TPSA) is 66.8 Å². The Kier molecular flexibility index (Phi) is 4.59. The highest BCUT2D eigenvalue weighted by atomic mass is 16.5. The molecule has 2 bridgehead atoms. The second kappa shape index (κ2) is 5.93. The van der Waals surface area contributed by atoms with Gasteiger partial charge >= 0.3 is 5.97 Å². The van der Waals surface area contributed by atoms with Crippen molar-refractivity contribution in [2.24, 2.45) is 5.41 Å². The second-order valence-electron chi connectivity index (χ2n) is 6.51. The quantitative estimate of drug-likeness (QED) is 0.675. The van der Waals surface area contributed by atoms with Crippen LogP contribution < -0.4 is 0 Å². The Morgan fingerprint density at radius 1 is 1.19 bits per heavy atom. The van der Waals surface area contributed by atoms with Crippen LogP contribution in [-0.2, 0) is 9.53 Å². The first-order valence-electron chi connectivity index (χ1n) is 7.76. The zero-order valence-electron chi connectivity index (χ0n) is 12.6. The van der Waals surface area contributed by atoms with Crippen LogP contribution in [0.1, 0.15) is 51.4 Å². The Labute approximate surface area is 126 Å². The molecular weight excluding hydrogens is 268 g/mol. The predicted octanol–water partition coefficient (Wildman–Crippen LogP) is 3.06. The molecule has 0 aromatic carbocycles. The predicted molar refractivity (Wildman–Crippen MR) is 81.0 cm³/mol. The number of carboxylic acids is 1. The van der Waals surface area contributed by atoms with Gasteiger partial charge in [-0.05, 0) is 51.4 Å². The average molecular weight is 294 g/mol. The summed E-state index contributed by atoms with van der Waals surface area (Å²) in [6.45, 7) is 7.40. The summed E-state index contributed by atoms with van der Waals surface area (Å²) in [6.07, 6.45) is 8.89. The molecule has 1 heterocycles. The third-order valence-electron chi connectivity index (χ3n) is 5.35. The van der Waals surface area contributed by atoms with Crippen molar-refractivity contribution in [3.8, 4) is 0 Å². The SMILES string of the molecule is C=CCCC1(CCC=C)OC2(CO)CCCC1(C(=O)O)C2. The van der Waals surface area contributed by atoms with Gasteiger partial charge in [-0.2, -0.15) is 0 Å². The lowest BCUT2D eigenvalue weighted by molar-refractivity contribution is -0.170. The molecule has 2 rings (SSSR count). The number of aliphatic carboxylic acids is 1. The molecule has 2 fully saturated rings. The summed E-state index contributed by atoms with van der Waals surface area (Å²) in [7, 11) is 0. The van der Waals surface area contributed by atoms with Crippen LogP contribution in [0.2, 0.25) is 0 Å². The van der Waals surface area contributed by atoms with Crippen LogP contribution in [0.3, 0.4) is 0 Å². The Hall–Kier alpha value is -1.13. The van der Waals surface area contributed by atoms with Crippen LogP contribution in [0.15, 0.2) is 25.3 Å². The lowest BCUT2D eigenvalue weighted by Crippen LogP contribution is -2.50. The third-order valence-corrected chi connectivity index (χ3v) is 5.35. The Morgan fingerprint density at radius 2 is 1.81 bits per heavy atom. The van der Waals surface area contributed by atoms with Gasteiger partial charge in [0.1, 0.15) is 0 Å². The summed E-state index contributed by atoms with van der Waals surface area (Å²) in [4.78, 5) is 12.1. The van der Waals surface area contributed by atoms with Gasteiger partial charge in [0.2, 0.25) is 0 Å². The Balaban J connectivity index is 2.45. The van der Waals surface area contributed by atoms with E-state index in [0.717, 1.165) is 12.8 Å². The summed E-state index contributed by atoms with van der Waals surface area (Å²) < 4.78 is 6.35. The van der Waals surface area contributed by atoms with Crippen LogP contribution in [0.25, 0.3) is 0 Å². The fraction of sp³-hybridized carbons (Fsp3) is 0.706. The average Bonchev–Trinajstić information content (AvgIpc) is 2.69. The van der Waals surface area contributed by atoms with E-state index in [1.807, 2.05) is 12.2 Å². The van der Waals surface area contributed by atoms with Crippen LogP contribution in [0.4, 0.5) is 0 Å². The van der Waals surface area contributed by atoms with E-state index in [-0.39, 0.29) is 6.61 Å². The zero-order valence-corrected chi connectivity index (χ0v) is 12.6. The number of fused-ring (bicyclic) bond motifs is 2. The molecule has 1 aliphatic carbocycles. The first-order chi connectivity index (χ1) is 10.00. The molecule has 4 heteroatoms. The van der Waals surface area contributed by atoms with Crippen molar-refractivity contribution < 1.29 is 19.7 Å². The summed E-state index contributed by atoms with van der Waals surface area (Å²) >= 11 is 0. The highest BCUT2D eigenvalue weighted by molar-refractivity contribution is 5.77. The highest BCUT2D eigenvalue weighted by Crippen LogP contribution is 2.62. The molecule has 0 aromatic heterocycles. The van der Waals surface area contributed by atoms with E-state index < -0.39 is 22.6 Å². The molecule has 1 aliphatic heterocycles. The lowest BCUT2D eigenvalue weighted by atomic mass is 9.60. The molecule has 0 spiro atoms. The molecule has 0 amide bonds. The van der Waals surface area contributed by atoms with Gasteiger partial charge in [0.25, 0.3) is 0 Å². The van der Waals surface area contributed by atoms with Crippen molar-refractivity contribution in [3.63, 3.8) is 0 Å². The first kappa shape index (κ1) is 16.2. The first-order valence-corrected chi connectivity index (χ1v) is 7.76. The van der Waals surface area contributed by atoms with Crippen LogP contribution in [-0.4, -0.2) is 34.0 Å². The molecule has 2 N–H and O–H groups in total. The summed E-state index contributed by atoms with van der Waals surface area (Å²) in [5.41, 5.74) is -2.29. The molecule has 4 nitrogen and oxygen atoms in total. The minimum atomic E-state index is -0.889. The molecule has 118 valence electrons. The number of allylic oxidation sites excluding steroid dienone is 2. The number of hydrogen-bond acceptors (Lipinski definition) is 3. The number of carbonyl (C=O) groups is 1. The molecule has 2 aliphatic rings. The number of ether oxygens (including phenoxy) is 1. The normalized spacial score (nSPS) is 33.6. The van der Waals surface area contributed by atoms with Gasteiger partial charge < -0.3 is 14.9 Å². The maximum Gasteiger partial charge on any atom is 0.312 e. The molecule has 21 heavy (non-hydrogen) atoms. The largest absolute Gasteiger partial charge is 0.481 e. The van der Waals surface area contributed by atoms with E-state index in [1.165, 1.54) is 0 Å². The smallest absolute Gasteiger partial charge is 0.312 e. The Bertz CT molecular complexity index is 419. The van der Waals surface area contributed by atoms with Gasteiger partial charge in [0.15, 0.2) is 0 Å². The second-order valence-corrected chi connectivity index (χ2v) is 6.51. The molecular formula is C17H26O4. The van der Waals surface area contributed by atoms with E-state index in [1.54, 1.807) is 0 Å². The molecule has 0 aromatic rings. The fourth-order valence-electron chi connectivity index (χ4n) is 4.35. The van der Waals surface area contributed by atoms with Gasteiger partial charge in [0.05, 0.1) is 23.2 Å². The monoisotopic (exact) mass is 294 g/mol. The molecule has 0 radical (unpaired) electrons. The maximum absolute atomic E-state index is 12.1. The van der Waals surface area contributed by atoms with E-state index in [0.29, 0.717) is 38.5 Å². The minimum Gasteiger partial charge on any atom is -0.481 e. The van der Waals surface area contributed by atoms with Crippen molar-refractivity contribution in [2.75, 3.05) is 6.61 Å². The summed E-state index contributed by atoms with van der Waals surface area (Å²) in [6, 6.07) is 0. The number of aliphatic hydroxyl groups is 1. The van der Waals surface area contributed by atoms with Gasteiger partial charge in [-0.1, -0.05) is 12.2 Å². The van der Waals surface area contributed by atoms with E-state index in [4.69, 9.17) is 4.74 Å². The molecule has 2 atom stereocenters. The van der Waals surface area contributed by atoms with Crippen molar-refractivity contribution in [2.45, 2.75) is 62.6 Å². The number of rotatable bonds is 8. The van der Waals surface area contributed by atoms with Gasteiger partial charge in [-0.25, -0.2) is 0 Å². The van der Waals surface area contributed by atoms with Gasteiger partial charge in [-0.15, -0.1) is 13.2 Å². The summed E-state index contributed by atoms with van der Waals surface area (Å²) in [5, 5.41) is 19.7. The van der Waals surface area contributed by atoms with Crippen molar-refractivity contribution in [3.05, 3.63) is 25.3 Å². The molecule has 1 saturated carbocycles. The van der Waals surface area contributed by atoms with Crippen molar-refractivity contribution in [1.29, 1.82) is 0 Å². The van der Waals surface area contributed by atoms with Crippen molar-refractivity contribution >= 4 is 5.97 Å². The Morgan fingerprint density at radius 3 is 2.29 bits per heavy atom. The van der Waals surface area contributed by atoms with Gasteiger partial charge in [-0.3, -0.25) is 4.79 Å². The number of aliphatic hydroxyl groups excluding tert-OH is 1. The van der Waals surface area contributed by atoms with E-state index >= 15 is 0 Å². The number of carboxylic acid groups (broad SMARTS) is 1. The van der Waals surface area contributed by atoms with E-state index in [9.17, 15) is 15.0 Å². The van der Waals surface area contributed by atoms with Crippen LogP contribution >= 0.6 is 0 Å². The van der Waals surface area contributed by atoms with E-state index in [2.05, 4.69) is 13.2 Å². The van der Waals surface area contributed by atoms with Crippen LogP contribution in [0, 0.1) is 5.41 Å². The standard InChI is InChI=1S/C17H26O4/c1-3-5-10-17(11-6-4-2)16(14(19)20)9-7-8-15(12-16,13-18)21-17/h3-4,18H,1-2,5-13H2,(H,19,20). The summed E-state index contributed by atoms with van der Waals surface area (Å²) in [5.74, 6) is -0.786. The highest BCUT2D eigenvalue weighted by Gasteiger charge is 2.68. The zero-order chi connectivity index (χ0) is 15.6.